The van der Waals surface area contributed by atoms with Gasteiger partial charge >= 0.3 is 0 Å². The van der Waals surface area contributed by atoms with Crippen molar-refractivity contribution in [3.8, 4) is 0 Å². The smallest absolute Gasteiger partial charge is 0.251 e. The van der Waals surface area contributed by atoms with Gasteiger partial charge in [-0.25, -0.2) is 0 Å². The lowest BCUT2D eigenvalue weighted by Crippen LogP contribution is -2.37. The highest BCUT2D eigenvalue weighted by Crippen LogP contribution is 2.08. The lowest BCUT2D eigenvalue weighted by atomic mass is 10.1. The van der Waals surface area contributed by atoms with E-state index in [0.29, 0.717) is 5.56 Å². The summed E-state index contributed by atoms with van der Waals surface area (Å²) in [5.74, 6) is -0.243. The highest BCUT2D eigenvalue weighted by molar-refractivity contribution is 5.97. The molecule has 16 heavy (non-hydrogen) atoms. The molecule has 0 aliphatic carbocycles. The lowest BCUT2D eigenvalue weighted by Gasteiger charge is -2.11. The quantitative estimate of drug-likeness (QED) is 0.845. The molecule has 1 rings (SSSR count). The second kappa shape index (κ2) is 4.92. The Balaban J connectivity index is 2.84. The number of carbonyl (C=O) groups excluding carboxylic acids is 2. The molecule has 3 heteroatoms. The van der Waals surface area contributed by atoms with Crippen molar-refractivity contribution in [1.82, 2.24) is 5.32 Å². The van der Waals surface area contributed by atoms with E-state index in [1.165, 1.54) is 6.92 Å². The molecule has 1 unspecified atom stereocenters. The molecule has 0 saturated heterocycles. The van der Waals surface area contributed by atoms with Gasteiger partial charge in [-0.2, -0.15) is 0 Å². The Kier molecular flexibility index (Phi) is 3.82. The molecule has 0 heterocycles. The maximum Gasteiger partial charge on any atom is 0.251 e. The van der Waals surface area contributed by atoms with Gasteiger partial charge in [-0.3, -0.25) is 9.59 Å². The summed E-state index contributed by atoms with van der Waals surface area (Å²) in [5, 5.41) is 2.66. The molecule has 0 aliphatic heterocycles. The highest BCUT2D eigenvalue weighted by Gasteiger charge is 2.13. The van der Waals surface area contributed by atoms with E-state index in [9.17, 15) is 9.59 Å². The molecule has 1 N–H and O–H groups in total. The van der Waals surface area contributed by atoms with E-state index in [4.69, 9.17) is 0 Å². The number of rotatable bonds is 3. The number of hydrogen-bond acceptors (Lipinski definition) is 2. The van der Waals surface area contributed by atoms with Gasteiger partial charge in [0.1, 0.15) is 0 Å². The van der Waals surface area contributed by atoms with Crippen LogP contribution in [0.1, 0.15) is 35.3 Å². The zero-order valence-corrected chi connectivity index (χ0v) is 10.1. The molecular weight excluding hydrogens is 202 g/mol. The predicted molar refractivity (Wildman–Crippen MR) is 63.5 cm³/mol. The van der Waals surface area contributed by atoms with Gasteiger partial charge in [0.25, 0.3) is 5.91 Å². The van der Waals surface area contributed by atoms with Gasteiger partial charge < -0.3 is 5.32 Å². The molecule has 3 nitrogen and oxygen atoms in total. The largest absolute Gasteiger partial charge is 0.343 e. The summed E-state index contributed by atoms with van der Waals surface area (Å²) in [6.45, 7) is 7.03. The summed E-state index contributed by atoms with van der Waals surface area (Å²) in [6, 6.07) is 5.20. The van der Waals surface area contributed by atoms with Gasteiger partial charge in [-0.05, 0) is 39.8 Å². The molecular formula is C13H17NO2. The fraction of sp³-hybridized carbons (Fsp3) is 0.385. The maximum absolute atomic E-state index is 11.8. The van der Waals surface area contributed by atoms with E-state index in [0.717, 1.165) is 11.1 Å². The first-order valence-electron chi connectivity index (χ1n) is 5.29. The number of Topliss-reactive ketones (excluding diaryl/α,β-unsaturated/α-hetero) is 1. The maximum atomic E-state index is 11.8. The molecule has 1 aromatic rings. The molecule has 1 aromatic carbocycles. The summed E-state index contributed by atoms with van der Waals surface area (Å²) in [7, 11) is 0. The summed E-state index contributed by atoms with van der Waals surface area (Å²) >= 11 is 0. The highest BCUT2D eigenvalue weighted by atomic mass is 16.2. The molecule has 0 bridgehead atoms. The molecule has 0 radical (unpaired) electrons. The third kappa shape index (κ3) is 3.19. The van der Waals surface area contributed by atoms with Crippen LogP contribution < -0.4 is 5.32 Å². The number of amides is 1. The van der Waals surface area contributed by atoms with Crippen molar-refractivity contribution >= 4 is 11.7 Å². The standard InChI is InChI=1S/C13H17NO2/c1-8-5-9(2)7-12(6-8)13(16)14-10(3)11(4)15/h5-7,10H,1-4H3,(H,14,16). The third-order valence-corrected chi connectivity index (χ3v) is 2.44. The fourth-order valence-corrected chi connectivity index (χ4v) is 1.49. The van der Waals surface area contributed by atoms with Crippen LogP contribution >= 0.6 is 0 Å². The minimum Gasteiger partial charge on any atom is -0.343 e. The van der Waals surface area contributed by atoms with Crippen molar-refractivity contribution in [3.63, 3.8) is 0 Å². The number of benzene rings is 1. The van der Waals surface area contributed by atoms with Crippen molar-refractivity contribution in [3.05, 3.63) is 34.9 Å². The number of carbonyl (C=O) groups is 2. The number of aryl methyl sites for hydroxylation is 2. The molecule has 1 atom stereocenters. The minimum atomic E-state index is -0.437. The van der Waals surface area contributed by atoms with Gasteiger partial charge in [-0.15, -0.1) is 0 Å². The Morgan fingerprint density at radius 2 is 1.62 bits per heavy atom. The van der Waals surface area contributed by atoms with E-state index in [1.807, 2.05) is 32.0 Å². The third-order valence-electron chi connectivity index (χ3n) is 2.44. The Labute approximate surface area is 95.9 Å². The van der Waals surface area contributed by atoms with Crippen LogP contribution in [0.4, 0.5) is 0 Å². The van der Waals surface area contributed by atoms with Gasteiger partial charge in [0.2, 0.25) is 0 Å². The second-order valence-corrected chi connectivity index (χ2v) is 4.18. The topological polar surface area (TPSA) is 46.2 Å². The summed E-state index contributed by atoms with van der Waals surface area (Å²) in [6.07, 6.45) is 0. The summed E-state index contributed by atoms with van der Waals surface area (Å²) in [4.78, 5) is 22.8. The Morgan fingerprint density at radius 1 is 1.12 bits per heavy atom. The van der Waals surface area contributed by atoms with Crippen LogP contribution in [-0.2, 0) is 4.79 Å². The van der Waals surface area contributed by atoms with Crippen molar-refractivity contribution in [2.75, 3.05) is 0 Å². The van der Waals surface area contributed by atoms with Crippen LogP contribution in [0.5, 0.6) is 0 Å². The van der Waals surface area contributed by atoms with Crippen molar-refractivity contribution in [1.29, 1.82) is 0 Å². The Hall–Kier alpha value is -1.64. The molecule has 0 aliphatic rings. The van der Waals surface area contributed by atoms with Crippen molar-refractivity contribution in [2.45, 2.75) is 33.7 Å². The van der Waals surface area contributed by atoms with Gasteiger partial charge in [0, 0.05) is 5.56 Å². The molecule has 1 amide bonds. The van der Waals surface area contributed by atoms with Gasteiger partial charge in [0.15, 0.2) is 5.78 Å². The number of ketones is 1. The normalized spacial score (nSPS) is 12.0. The first kappa shape index (κ1) is 12.4. The lowest BCUT2D eigenvalue weighted by molar-refractivity contribution is -0.118. The van der Waals surface area contributed by atoms with Crippen LogP contribution in [0, 0.1) is 13.8 Å². The second-order valence-electron chi connectivity index (χ2n) is 4.18. The van der Waals surface area contributed by atoms with E-state index in [2.05, 4.69) is 5.32 Å². The zero-order chi connectivity index (χ0) is 12.3. The van der Waals surface area contributed by atoms with Crippen LogP contribution in [0.2, 0.25) is 0 Å². The molecule has 0 aromatic heterocycles. The average molecular weight is 219 g/mol. The monoisotopic (exact) mass is 219 g/mol. The van der Waals surface area contributed by atoms with Crippen LogP contribution in [0.15, 0.2) is 18.2 Å². The zero-order valence-electron chi connectivity index (χ0n) is 10.1. The first-order valence-corrected chi connectivity index (χ1v) is 5.29. The first-order chi connectivity index (χ1) is 7.40. The van der Waals surface area contributed by atoms with E-state index in [-0.39, 0.29) is 11.7 Å². The van der Waals surface area contributed by atoms with Gasteiger partial charge in [0.05, 0.1) is 6.04 Å². The summed E-state index contributed by atoms with van der Waals surface area (Å²) < 4.78 is 0. The minimum absolute atomic E-state index is 0.0438. The van der Waals surface area contributed by atoms with Crippen LogP contribution in [-0.4, -0.2) is 17.7 Å². The van der Waals surface area contributed by atoms with Crippen molar-refractivity contribution in [2.24, 2.45) is 0 Å². The SMILES string of the molecule is CC(=O)C(C)NC(=O)c1cc(C)cc(C)c1. The molecule has 0 fully saturated rings. The fourth-order valence-electron chi connectivity index (χ4n) is 1.49. The van der Waals surface area contributed by atoms with Gasteiger partial charge in [-0.1, -0.05) is 17.2 Å². The number of hydrogen-bond donors (Lipinski definition) is 1. The molecule has 86 valence electrons. The van der Waals surface area contributed by atoms with E-state index >= 15 is 0 Å². The van der Waals surface area contributed by atoms with E-state index in [1.54, 1.807) is 6.92 Å². The molecule has 0 spiro atoms. The van der Waals surface area contributed by atoms with E-state index < -0.39 is 6.04 Å². The average Bonchev–Trinajstić information content (AvgIpc) is 2.15. The van der Waals surface area contributed by atoms with Crippen molar-refractivity contribution < 1.29 is 9.59 Å². The molecule has 0 saturated carbocycles. The van der Waals surface area contributed by atoms with Crippen LogP contribution in [0.25, 0.3) is 0 Å². The Morgan fingerprint density at radius 3 is 2.06 bits per heavy atom. The van der Waals surface area contributed by atoms with Crippen LogP contribution in [0.3, 0.4) is 0 Å². The number of nitrogens with one attached hydrogen (secondary N) is 1. The summed E-state index contributed by atoms with van der Waals surface area (Å²) in [5.41, 5.74) is 2.69. The predicted octanol–water partition coefficient (Wildman–Crippen LogP) is 2.01. The Bertz CT molecular complexity index is 404.